The molecule has 2 aromatic carbocycles. The van der Waals surface area contributed by atoms with E-state index in [9.17, 15) is 10.1 Å². The normalized spacial score (nSPS) is 18.6. The highest BCUT2D eigenvalue weighted by Gasteiger charge is 2.39. The predicted octanol–water partition coefficient (Wildman–Crippen LogP) is 5.15. The van der Waals surface area contributed by atoms with E-state index in [-0.39, 0.29) is 17.2 Å². The van der Waals surface area contributed by atoms with Crippen LogP contribution in [0.4, 0.5) is 0 Å². The summed E-state index contributed by atoms with van der Waals surface area (Å²) in [5.41, 5.74) is 9.77. The number of Topliss-reactive ketones (excluding diaryl/α,β-unsaturated/α-hetero) is 1. The molecule has 2 N–H and O–H groups in total. The smallest absolute Gasteiger partial charge is 0.205 e. The molecular formula is C24H21BrN2O3. The van der Waals surface area contributed by atoms with E-state index in [1.54, 1.807) is 0 Å². The van der Waals surface area contributed by atoms with Gasteiger partial charge in [-0.2, -0.15) is 5.26 Å². The van der Waals surface area contributed by atoms with Crippen molar-refractivity contribution in [3.8, 4) is 11.8 Å². The highest BCUT2D eigenvalue weighted by atomic mass is 79.9. The van der Waals surface area contributed by atoms with Gasteiger partial charge in [-0.1, -0.05) is 45.8 Å². The molecule has 0 unspecified atom stereocenters. The molecule has 0 aromatic heterocycles. The van der Waals surface area contributed by atoms with Gasteiger partial charge in [0.25, 0.3) is 0 Å². The molecule has 2 aromatic rings. The number of nitrogens with zero attached hydrogens (tertiary/aromatic N) is 1. The van der Waals surface area contributed by atoms with Crippen molar-refractivity contribution in [2.75, 3.05) is 0 Å². The summed E-state index contributed by atoms with van der Waals surface area (Å²) in [4.78, 5) is 12.8. The van der Waals surface area contributed by atoms with Gasteiger partial charge in [0.2, 0.25) is 5.88 Å². The number of benzene rings is 2. The van der Waals surface area contributed by atoms with Gasteiger partial charge in [-0.15, -0.1) is 0 Å². The van der Waals surface area contributed by atoms with Gasteiger partial charge in [0, 0.05) is 28.5 Å². The zero-order valence-corrected chi connectivity index (χ0v) is 18.2. The van der Waals surface area contributed by atoms with Crippen LogP contribution in [0.3, 0.4) is 0 Å². The van der Waals surface area contributed by atoms with E-state index in [4.69, 9.17) is 15.2 Å². The number of ketones is 1. The highest BCUT2D eigenvalue weighted by molar-refractivity contribution is 9.10. The molecular weight excluding hydrogens is 444 g/mol. The zero-order chi connectivity index (χ0) is 21.3. The highest BCUT2D eigenvalue weighted by Crippen LogP contribution is 2.46. The number of halogens is 1. The number of nitriles is 1. The molecule has 2 aliphatic rings. The zero-order valence-electron chi connectivity index (χ0n) is 16.6. The van der Waals surface area contributed by atoms with Crippen molar-refractivity contribution in [1.29, 1.82) is 5.26 Å². The van der Waals surface area contributed by atoms with Gasteiger partial charge in [-0.05, 0) is 37.1 Å². The summed E-state index contributed by atoms with van der Waals surface area (Å²) in [7, 11) is 0. The van der Waals surface area contributed by atoms with Crippen LogP contribution in [-0.2, 0) is 16.1 Å². The van der Waals surface area contributed by atoms with Crippen LogP contribution in [0.15, 0.2) is 69.7 Å². The maximum Gasteiger partial charge on any atom is 0.205 e. The van der Waals surface area contributed by atoms with Crippen LogP contribution in [0.2, 0.25) is 0 Å². The lowest BCUT2D eigenvalue weighted by molar-refractivity contribution is -0.116. The van der Waals surface area contributed by atoms with Crippen LogP contribution >= 0.6 is 15.9 Å². The van der Waals surface area contributed by atoms with Crippen molar-refractivity contribution < 1.29 is 14.3 Å². The molecule has 1 aliphatic heterocycles. The molecule has 0 saturated carbocycles. The summed E-state index contributed by atoms with van der Waals surface area (Å²) in [6.07, 6.45) is 1.78. The topological polar surface area (TPSA) is 85.3 Å². The Morgan fingerprint density at radius 2 is 2.00 bits per heavy atom. The molecule has 30 heavy (non-hydrogen) atoms. The van der Waals surface area contributed by atoms with Gasteiger partial charge in [-0.25, -0.2) is 0 Å². The van der Waals surface area contributed by atoms with Crippen molar-refractivity contribution in [2.45, 2.75) is 38.7 Å². The van der Waals surface area contributed by atoms with Crippen LogP contribution in [0.5, 0.6) is 5.75 Å². The van der Waals surface area contributed by atoms with Crippen LogP contribution < -0.4 is 10.5 Å². The number of allylic oxidation sites excluding steroid dienone is 3. The minimum absolute atomic E-state index is 0.00837. The molecule has 1 heterocycles. The first-order valence-corrected chi connectivity index (χ1v) is 10.6. The Morgan fingerprint density at radius 3 is 2.73 bits per heavy atom. The third kappa shape index (κ3) is 3.86. The van der Waals surface area contributed by atoms with Crippen molar-refractivity contribution in [2.24, 2.45) is 5.73 Å². The second-order valence-corrected chi connectivity index (χ2v) is 8.41. The number of hydrogen-bond acceptors (Lipinski definition) is 5. The number of aryl methyl sites for hydroxylation is 1. The first-order valence-electron chi connectivity index (χ1n) is 9.79. The first kappa shape index (κ1) is 20.2. The van der Waals surface area contributed by atoms with Gasteiger partial charge >= 0.3 is 0 Å². The summed E-state index contributed by atoms with van der Waals surface area (Å²) >= 11 is 3.51. The van der Waals surface area contributed by atoms with Crippen molar-refractivity contribution in [3.05, 3.63) is 86.4 Å². The first-order chi connectivity index (χ1) is 14.5. The fourth-order valence-electron chi connectivity index (χ4n) is 3.89. The Bertz CT molecular complexity index is 1110. The summed E-state index contributed by atoms with van der Waals surface area (Å²) in [5, 5.41) is 9.81. The van der Waals surface area contributed by atoms with E-state index in [1.807, 2.05) is 49.4 Å². The van der Waals surface area contributed by atoms with Gasteiger partial charge < -0.3 is 15.2 Å². The second kappa shape index (κ2) is 8.37. The summed E-state index contributed by atoms with van der Waals surface area (Å²) in [5.74, 6) is 0.622. The van der Waals surface area contributed by atoms with Crippen LogP contribution in [0.25, 0.3) is 0 Å². The Labute approximate surface area is 183 Å². The lowest BCUT2D eigenvalue weighted by Gasteiger charge is -2.31. The Hall–Kier alpha value is -3.04. The van der Waals surface area contributed by atoms with E-state index < -0.39 is 5.92 Å². The van der Waals surface area contributed by atoms with E-state index in [1.165, 1.54) is 5.56 Å². The molecule has 0 radical (unpaired) electrons. The summed E-state index contributed by atoms with van der Waals surface area (Å²) in [6, 6.07) is 15.9. The average Bonchev–Trinajstić information content (AvgIpc) is 2.73. The minimum Gasteiger partial charge on any atom is -0.489 e. The van der Waals surface area contributed by atoms with Crippen LogP contribution in [0.1, 0.15) is 41.9 Å². The number of rotatable bonds is 4. The molecule has 0 fully saturated rings. The Kier molecular flexibility index (Phi) is 5.65. The van der Waals surface area contributed by atoms with Crippen molar-refractivity contribution in [1.82, 2.24) is 0 Å². The number of hydrogen-bond donors (Lipinski definition) is 1. The maximum absolute atomic E-state index is 12.8. The average molecular weight is 465 g/mol. The largest absolute Gasteiger partial charge is 0.489 e. The van der Waals surface area contributed by atoms with Crippen molar-refractivity contribution in [3.63, 3.8) is 0 Å². The molecule has 0 amide bonds. The molecule has 1 atom stereocenters. The Balaban J connectivity index is 1.77. The molecule has 152 valence electrons. The van der Waals surface area contributed by atoms with E-state index >= 15 is 0 Å². The fraction of sp³-hybridized carbons (Fsp3) is 0.250. The fourth-order valence-corrected chi connectivity index (χ4v) is 4.27. The van der Waals surface area contributed by atoms with Crippen LogP contribution in [-0.4, -0.2) is 5.78 Å². The molecule has 4 rings (SSSR count). The molecule has 1 aliphatic carbocycles. The SMILES string of the molecule is Cc1ccc(COc2ccc(Br)cc2[C@@H]2C(C#N)=C(N)OC3=C2C(=O)CCC3)cc1. The standard InChI is InChI=1S/C24H21BrN2O3/c1-14-5-7-15(8-6-14)13-29-20-10-9-16(25)11-17(20)22-18(12-26)24(27)30-21-4-2-3-19(28)23(21)22/h5-11,22H,2-4,13,27H2,1H3/t22-/m1/s1. The van der Waals surface area contributed by atoms with Gasteiger partial charge in [0.05, 0.1) is 5.92 Å². The number of carbonyl (C=O) groups is 1. The maximum atomic E-state index is 12.8. The second-order valence-electron chi connectivity index (χ2n) is 7.49. The third-order valence-corrected chi connectivity index (χ3v) is 5.90. The third-order valence-electron chi connectivity index (χ3n) is 5.40. The summed E-state index contributed by atoms with van der Waals surface area (Å²) in [6.45, 7) is 2.41. The Morgan fingerprint density at radius 1 is 1.23 bits per heavy atom. The summed E-state index contributed by atoms with van der Waals surface area (Å²) < 4.78 is 12.6. The van der Waals surface area contributed by atoms with Gasteiger partial charge in [0.1, 0.15) is 29.8 Å². The van der Waals surface area contributed by atoms with E-state index in [0.29, 0.717) is 36.5 Å². The van der Waals surface area contributed by atoms with E-state index in [2.05, 4.69) is 22.0 Å². The minimum atomic E-state index is -0.600. The van der Waals surface area contributed by atoms with Gasteiger partial charge in [0.15, 0.2) is 5.78 Å². The molecule has 0 bridgehead atoms. The number of nitrogens with two attached hydrogens (primary N) is 1. The lowest BCUT2D eigenvalue weighted by Crippen LogP contribution is -2.27. The number of ether oxygens (including phenoxy) is 2. The van der Waals surface area contributed by atoms with Gasteiger partial charge in [-0.3, -0.25) is 4.79 Å². The quantitative estimate of drug-likeness (QED) is 0.675. The number of carbonyl (C=O) groups excluding carboxylic acids is 1. The molecule has 6 heteroatoms. The van der Waals surface area contributed by atoms with Crippen molar-refractivity contribution >= 4 is 21.7 Å². The lowest BCUT2D eigenvalue weighted by atomic mass is 9.77. The molecule has 0 saturated heterocycles. The monoisotopic (exact) mass is 464 g/mol. The van der Waals surface area contributed by atoms with Crippen LogP contribution in [0, 0.1) is 18.3 Å². The van der Waals surface area contributed by atoms with E-state index in [0.717, 1.165) is 22.0 Å². The molecule has 5 nitrogen and oxygen atoms in total. The molecule has 0 spiro atoms. The predicted molar refractivity (Wildman–Crippen MR) is 116 cm³/mol.